The largest absolute Gasteiger partial charge is 0.351 e. The minimum atomic E-state index is 0.199. The Balaban J connectivity index is 1.89. The van der Waals surface area contributed by atoms with Crippen LogP contribution in [-0.2, 0) is 0 Å². The Labute approximate surface area is 143 Å². The molecule has 1 aliphatic carbocycles. The van der Waals surface area contributed by atoms with Gasteiger partial charge in [0.1, 0.15) is 11.0 Å². The third kappa shape index (κ3) is 2.24. The van der Waals surface area contributed by atoms with Crippen LogP contribution in [0.5, 0.6) is 0 Å². The molecule has 3 atom stereocenters. The smallest absolute Gasteiger partial charge is 0.224 e. The van der Waals surface area contributed by atoms with E-state index in [0.717, 1.165) is 35.2 Å². The molecule has 0 radical (unpaired) electrons. The first-order valence-electron chi connectivity index (χ1n) is 7.47. The van der Waals surface area contributed by atoms with Gasteiger partial charge in [0.2, 0.25) is 5.28 Å². The Morgan fingerprint density at radius 1 is 1.23 bits per heavy atom. The number of aryl methyl sites for hydroxylation is 1. The molecule has 2 fully saturated rings. The number of anilines is 1. The predicted octanol–water partition coefficient (Wildman–Crippen LogP) is 4.24. The highest BCUT2D eigenvalue weighted by molar-refractivity contribution is 6.31. The molecule has 0 unspecified atom stereocenters. The van der Waals surface area contributed by atoms with Gasteiger partial charge in [-0.3, -0.25) is 0 Å². The molecule has 1 saturated heterocycles. The summed E-state index contributed by atoms with van der Waals surface area (Å²) in [6, 6.07) is 0.342. The van der Waals surface area contributed by atoms with Gasteiger partial charge in [-0.1, -0.05) is 18.0 Å². The Hall–Kier alpha value is -0.840. The van der Waals surface area contributed by atoms with E-state index in [9.17, 15) is 0 Å². The maximum absolute atomic E-state index is 6.47. The van der Waals surface area contributed by atoms with Crippen molar-refractivity contribution in [2.45, 2.75) is 37.6 Å². The first-order valence-corrected chi connectivity index (χ1v) is 8.66. The zero-order chi connectivity index (χ0) is 15.4. The summed E-state index contributed by atoms with van der Waals surface area (Å²) >= 11 is 18.7. The number of nitrogens with zero attached hydrogens (tertiary/aromatic N) is 4. The lowest BCUT2D eigenvalue weighted by Crippen LogP contribution is -2.29. The van der Waals surface area contributed by atoms with Crippen molar-refractivity contribution in [1.29, 1.82) is 0 Å². The number of aromatic nitrogens is 3. The van der Waals surface area contributed by atoms with Gasteiger partial charge < -0.3 is 4.90 Å². The Morgan fingerprint density at radius 2 is 2.05 bits per heavy atom. The van der Waals surface area contributed by atoms with E-state index in [-0.39, 0.29) is 10.7 Å². The highest BCUT2D eigenvalue weighted by Crippen LogP contribution is 2.48. The van der Waals surface area contributed by atoms with Crippen LogP contribution in [0, 0.1) is 12.8 Å². The van der Waals surface area contributed by atoms with Crippen molar-refractivity contribution in [3.8, 4) is 0 Å². The maximum Gasteiger partial charge on any atom is 0.224 e. The molecule has 1 saturated carbocycles. The SMILES string of the molecule is Cc1c(Cl)ncc2c(N3CCCC[C@H]4[C@H](Cl)[C@H]43)nc(Cl)nc12. The van der Waals surface area contributed by atoms with Gasteiger partial charge in [-0.05, 0) is 37.3 Å². The topological polar surface area (TPSA) is 41.9 Å². The van der Waals surface area contributed by atoms with Crippen molar-refractivity contribution in [2.75, 3.05) is 11.4 Å². The molecule has 116 valence electrons. The van der Waals surface area contributed by atoms with Crippen LogP contribution in [-0.4, -0.2) is 32.9 Å². The van der Waals surface area contributed by atoms with Crippen LogP contribution in [0.15, 0.2) is 6.20 Å². The lowest BCUT2D eigenvalue weighted by atomic mass is 10.2. The van der Waals surface area contributed by atoms with Crippen LogP contribution in [0.2, 0.25) is 10.4 Å². The minimum Gasteiger partial charge on any atom is -0.351 e. The summed E-state index contributed by atoms with van der Waals surface area (Å²) in [5.41, 5.74) is 1.59. The molecule has 7 heteroatoms. The molecule has 0 spiro atoms. The number of pyridine rings is 1. The molecule has 0 N–H and O–H groups in total. The summed E-state index contributed by atoms with van der Waals surface area (Å²) in [5, 5.41) is 1.78. The normalized spacial score (nSPS) is 27.6. The average Bonchev–Trinajstić information content (AvgIpc) is 3.18. The van der Waals surface area contributed by atoms with Gasteiger partial charge in [0.05, 0.1) is 22.3 Å². The standard InChI is InChI=1S/C15H15Cl3N4/c1-7-11-9(6-19-13(7)17)14(21-15(18)20-11)22-5-3-2-4-8-10(16)12(8)22/h6,8,10,12H,2-5H2,1H3/t8-,10-,12-/m0/s1. The lowest BCUT2D eigenvalue weighted by molar-refractivity contribution is 0.668. The zero-order valence-electron chi connectivity index (χ0n) is 12.1. The number of halogens is 3. The number of rotatable bonds is 1. The molecule has 2 aromatic rings. The zero-order valence-corrected chi connectivity index (χ0v) is 14.3. The number of hydrogen-bond acceptors (Lipinski definition) is 4. The van der Waals surface area contributed by atoms with Gasteiger partial charge >= 0.3 is 0 Å². The Kier molecular flexibility index (Phi) is 3.59. The third-order valence-electron chi connectivity index (χ3n) is 4.72. The van der Waals surface area contributed by atoms with E-state index < -0.39 is 0 Å². The van der Waals surface area contributed by atoms with Gasteiger partial charge in [-0.15, -0.1) is 11.6 Å². The Morgan fingerprint density at radius 3 is 2.86 bits per heavy atom. The fraction of sp³-hybridized carbons (Fsp3) is 0.533. The molecule has 4 nitrogen and oxygen atoms in total. The first kappa shape index (κ1) is 14.7. The maximum atomic E-state index is 6.47. The van der Waals surface area contributed by atoms with Crippen LogP contribution in [0.1, 0.15) is 24.8 Å². The van der Waals surface area contributed by atoms with Gasteiger partial charge in [0, 0.05) is 18.3 Å². The van der Waals surface area contributed by atoms with Gasteiger partial charge in [0.25, 0.3) is 0 Å². The lowest BCUT2D eigenvalue weighted by Gasteiger charge is -2.24. The van der Waals surface area contributed by atoms with Crippen LogP contribution >= 0.6 is 34.8 Å². The Bertz CT molecular complexity index is 751. The molecule has 22 heavy (non-hydrogen) atoms. The van der Waals surface area contributed by atoms with E-state index in [4.69, 9.17) is 34.8 Å². The van der Waals surface area contributed by atoms with Crippen LogP contribution in [0.25, 0.3) is 10.9 Å². The third-order valence-corrected chi connectivity index (χ3v) is 5.85. The van der Waals surface area contributed by atoms with Gasteiger partial charge in [0.15, 0.2) is 0 Å². The van der Waals surface area contributed by atoms with Crippen LogP contribution in [0.3, 0.4) is 0 Å². The van der Waals surface area contributed by atoms with Crippen LogP contribution in [0.4, 0.5) is 5.82 Å². The van der Waals surface area contributed by atoms with Crippen molar-refractivity contribution < 1.29 is 0 Å². The highest BCUT2D eigenvalue weighted by Gasteiger charge is 2.53. The van der Waals surface area contributed by atoms with Crippen LogP contribution < -0.4 is 4.90 Å². The van der Waals surface area contributed by atoms with Crippen molar-refractivity contribution in [3.05, 3.63) is 22.2 Å². The van der Waals surface area contributed by atoms with Crippen molar-refractivity contribution in [1.82, 2.24) is 15.0 Å². The van der Waals surface area contributed by atoms with Crippen molar-refractivity contribution in [3.63, 3.8) is 0 Å². The monoisotopic (exact) mass is 356 g/mol. The molecular formula is C15H15Cl3N4. The molecule has 0 aromatic carbocycles. The van der Waals surface area contributed by atoms with Gasteiger partial charge in [-0.2, -0.15) is 4.98 Å². The highest BCUT2D eigenvalue weighted by atomic mass is 35.5. The van der Waals surface area contributed by atoms with Crippen molar-refractivity contribution >= 4 is 51.5 Å². The van der Waals surface area contributed by atoms with E-state index in [0.29, 0.717) is 17.1 Å². The fourth-order valence-electron chi connectivity index (χ4n) is 3.48. The molecule has 0 bridgehead atoms. The summed E-state index contributed by atoms with van der Waals surface area (Å²) in [5.74, 6) is 1.39. The second-order valence-corrected chi connectivity index (χ2v) is 7.24. The minimum absolute atomic E-state index is 0.199. The molecule has 2 aromatic heterocycles. The summed E-state index contributed by atoms with van der Waals surface area (Å²) in [6.07, 6.45) is 5.28. The summed E-state index contributed by atoms with van der Waals surface area (Å²) in [7, 11) is 0. The molecule has 0 amide bonds. The summed E-state index contributed by atoms with van der Waals surface area (Å²) in [6.45, 7) is 2.84. The average molecular weight is 358 g/mol. The molecule has 1 aliphatic heterocycles. The van der Waals surface area contributed by atoms with Crippen molar-refractivity contribution in [2.24, 2.45) is 5.92 Å². The van der Waals surface area contributed by atoms with E-state index in [1.807, 2.05) is 6.92 Å². The second kappa shape index (κ2) is 5.36. The van der Waals surface area contributed by atoms with E-state index in [2.05, 4.69) is 19.9 Å². The molecule has 3 heterocycles. The van der Waals surface area contributed by atoms with E-state index in [1.165, 1.54) is 12.8 Å². The molecule has 2 aliphatic rings. The first-order chi connectivity index (χ1) is 10.6. The number of hydrogen-bond donors (Lipinski definition) is 0. The number of fused-ring (bicyclic) bond motifs is 2. The number of alkyl halides is 1. The quantitative estimate of drug-likeness (QED) is 0.435. The van der Waals surface area contributed by atoms with E-state index >= 15 is 0 Å². The molecule has 4 rings (SSSR count). The van der Waals surface area contributed by atoms with Gasteiger partial charge in [-0.25, -0.2) is 9.97 Å². The fourth-order valence-corrected chi connectivity index (χ4v) is 4.29. The summed E-state index contributed by atoms with van der Waals surface area (Å²) in [4.78, 5) is 15.4. The van der Waals surface area contributed by atoms with E-state index in [1.54, 1.807) is 6.20 Å². The predicted molar refractivity (Wildman–Crippen MR) is 90.2 cm³/mol. The second-order valence-electron chi connectivity index (χ2n) is 6.04. The molecular weight excluding hydrogens is 343 g/mol. The summed E-state index contributed by atoms with van der Waals surface area (Å²) < 4.78 is 0.